The Balaban J connectivity index is 2.33. The molecule has 0 unspecified atom stereocenters. The van der Waals surface area contributed by atoms with E-state index in [0.717, 1.165) is 30.6 Å². The predicted molar refractivity (Wildman–Crippen MR) is 75.9 cm³/mol. The lowest BCUT2D eigenvalue weighted by Crippen LogP contribution is -2.37. The van der Waals surface area contributed by atoms with Gasteiger partial charge in [-0.05, 0) is 26.3 Å². The minimum atomic E-state index is 0.747. The monoisotopic (exact) mass is 251 g/mol. The summed E-state index contributed by atoms with van der Waals surface area (Å²) in [6.07, 6.45) is 3.67. The number of nitrogens with zero attached hydrogens (tertiary/aromatic N) is 1. The van der Waals surface area contributed by atoms with Crippen molar-refractivity contribution in [3.8, 4) is 0 Å². The Kier molecular flexibility index (Phi) is 6.33. The molecule has 102 valence electrons. The fourth-order valence-electron chi connectivity index (χ4n) is 1.84. The van der Waals surface area contributed by atoms with Gasteiger partial charge in [-0.2, -0.15) is 0 Å². The zero-order valence-corrected chi connectivity index (χ0v) is 12.0. The molecule has 0 aliphatic carbocycles. The maximum atomic E-state index is 5.49. The molecule has 0 saturated carbocycles. The van der Waals surface area contributed by atoms with Crippen molar-refractivity contribution in [3.05, 3.63) is 23.2 Å². The normalized spacial score (nSPS) is 11.7. The molecule has 0 aromatic carbocycles. The second-order valence-corrected chi connectivity index (χ2v) is 4.50. The van der Waals surface area contributed by atoms with Crippen LogP contribution in [0.15, 0.2) is 15.5 Å². The lowest BCUT2D eigenvalue weighted by molar-refractivity contribution is 0.500. The van der Waals surface area contributed by atoms with E-state index in [-0.39, 0.29) is 0 Å². The summed E-state index contributed by atoms with van der Waals surface area (Å²) in [4.78, 5) is 4.20. The lowest BCUT2D eigenvalue weighted by atomic mass is 10.2. The maximum Gasteiger partial charge on any atom is 0.191 e. The third-order valence-corrected chi connectivity index (χ3v) is 2.89. The van der Waals surface area contributed by atoms with Crippen molar-refractivity contribution in [2.45, 2.75) is 46.6 Å². The predicted octanol–water partition coefficient (Wildman–Crippen LogP) is 2.75. The summed E-state index contributed by atoms with van der Waals surface area (Å²) in [5.41, 5.74) is 1.18. The third-order valence-electron chi connectivity index (χ3n) is 2.89. The van der Waals surface area contributed by atoms with Crippen LogP contribution in [0.2, 0.25) is 0 Å². The summed E-state index contributed by atoms with van der Waals surface area (Å²) >= 11 is 0. The van der Waals surface area contributed by atoms with Crippen LogP contribution in [0.25, 0.3) is 0 Å². The van der Waals surface area contributed by atoms with Gasteiger partial charge in [-0.15, -0.1) is 0 Å². The summed E-state index contributed by atoms with van der Waals surface area (Å²) in [7, 11) is 1.79. The molecule has 0 saturated heterocycles. The van der Waals surface area contributed by atoms with Crippen molar-refractivity contribution in [1.29, 1.82) is 0 Å². The van der Waals surface area contributed by atoms with Gasteiger partial charge >= 0.3 is 0 Å². The third kappa shape index (κ3) is 4.82. The first-order valence-corrected chi connectivity index (χ1v) is 6.67. The van der Waals surface area contributed by atoms with Gasteiger partial charge in [-0.25, -0.2) is 0 Å². The summed E-state index contributed by atoms with van der Waals surface area (Å²) < 4.78 is 5.49. The number of nitrogens with one attached hydrogen (secondary N) is 2. The highest BCUT2D eigenvalue weighted by Crippen LogP contribution is 2.12. The standard InChI is InChI=1S/C14H25N3O/c1-5-6-7-8-16-14(15-4)17-10-13-9-11(2)18-12(13)3/h9H,5-8,10H2,1-4H3,(H2,15,16,17). The van der Waals surface area contributed by atoms with Crippen LogP contribution in [0.1, 0.15) is 43.3 Å². The largest absolute Gasteiger partial charge is 0.466 e. The van der Waals surface area contributed by atoms with Gasteiger partial charge in [-0.1, -0.05) is 19.8 Å². The van der Waals surface area contributed by atoms with Crippen LogP contribution in [-0.2, 0) is 6.54 Å². The van der Waals surface area contributed by atoms with E-state index in [0.29, 0.717) is 0 Å². The highest BCUT2D eigenvalue weighted by Gasteiger charge is 2.05. The van der Waals surface area contributed by atoms with Gasteiger partial charge in [0.15, 0.2) is 5.96 Å². The van der Waals surface area contributed by atoms with Gasteiger partial charge in [0.25, 0.3) is 0 Å². The van der Waals surface area contributed by atoms with E-state index in [1.165, 1.54) is 24.8 Å². The van der Waals surface area contributed by atoms with Gasteiger partial charge in [0.05, 0.1) is 0 Å². The van der Waals surface area contributed by atoms with Crippen molar-refractivity contribution in [2.75, 3.05) is 13.6 Å². The van der Waals surface area contributed by atoms with Crippen molar-refractivity contribution in [2.24, 2.45) is 4.99 Å². The van der Waals surface area contributed by atoms with Crippen molar-refractivity contribution >= 4 is 5.96 Å². The second kappa shape index (κ2) is 7.80. The molecule has 0 spiro atoms. The Morgan fingerprint density at radius 2 is 2.06 bits per heavy atom. The first-order chi connectivity index (χ1) is 8.67. The minimum Gasteiger partial charge on any atom is -0.466 e. The summed E-state index contributed by atoms with van der Waals surface area (Å²) in [6.45, 7) is 7.88. The Hall–Kier alpha value is -1.45. The van der Waals surface area contributed by atoms with E-state index < -0.39 is 0 Å². The molecule has 0 atom stereocenters. The molecule has 4 nitrogen and oxygen atoms in total. The highest BCUT2D eigenvalue weighted by molar-refractivity contribution is 5.79. The molecule has 0 aliphatic heterocycles. The van der Waals surface area contributed by atoms with Gasteiger partial charge in [0.2, 0.25) is 0 Å². The number of aryl methyl sites for hydroxylation is 2. The SMILES string of the molecule is CCCCCNC(=NC)NCc1cc(C)oc1C. The van der Waals surface area contributed by atoms with Crippen LogP contribution in [0.5, 0.6) is 0 Å². The van der Waals surface area contributed by atoms with Gasteiger partial charge in [0, 0.05) is 25.7 Å². The minimum absolute atomic E-state index is 0.747. The quantitative estimate of drug-likeness (QED) is 0.464. The number of hydrogen-bond acceptors (Lipinski definition) is 2. The van der Waals surface area contributed by atoms with Crippen LogP contribution in [0.3, 0.4) is 0 Å². The Morgan fingerprint density at radius 1 is 1.28 bits per heavy atom. The fraction of sp³-hybridized carbons (Fsp3) is 0.643. The number of unbranched alkanes of at least 4 members (excludes halogenated alkanes) is 2. The number of furan rings is 1. The molecule has 0 radical (unpaired) electrons. The van der Waals surface area contributed by atoms with E-state index in [1.807, 2.05) is 13.8 Å². The maximum absolute atomic E-state index is 5.49. The Labute approximate surface area is 110 Å². The molecular formula is C14H25N3O. The fourth-order valence-corrected chi connectivity index (χ4v) is 1.84. The summed E-state index contributed by atoms with van der Waals surface area (Å²) in [6, 6.07) is 2.06. The van der Waals surface area contributed by atoms with Gasteiger partial charge in [0.1, 0.15) is 11.5 Å². The molecule has 0 aliphatic rings. The van der Waals surface area contributed by atoms with E-state index in [4.69, 9.17) is 4.42 Å². The smallest absolute Gasteiger partial charge is 0.191 e. The van der Waals surface area contributed by atoms with Crippen LogP contribution >= 0.6 is 0 Å². The molecule has 1 aromatic rings. The number of guanidine groups is 1. The topological polar surface area (TPSA) is 49.6 Å². The van der Waals surface area contributed by atoms with E-state index in [2.05, 4.69) is 28.6 Å². The molecule has 2 N–H and O–H groups in total. The zero-order chi connectivity index (χ0) is 13.4. The van der Waals surface area contributed by atoms with Crippen LogP contribution in [-0.4, -0.2) is 19.6 Å². The zero-order valence-electron chi connectivity index (χ0n) is 12.0. The first kappa shape index (κ1) is 14.6. The lowest BCUT2D eigenvalue weighted by Gasteiger charge is -2.11. The van der Waals surface area contributed by atoms with Crippen LogP contribution in [0.4, 0.5) is 0 Å². The molecule has 0 fully saturated rings. The van der Waals surface area contributed by atoms with Crippen molar-refractivity contribution in [3.63, 3.8) is 0 Å². The molecule has 1 heterocycles. The Bertz CT molecular complexity index is 382. The molecular weight excluding hydrogens is 226 g/mol. The molecule has 0 amide bonds. The number of hydrogen-bond donors (Lipinski definition) is 2. The van der Waals surface area contributed by atoms with Gasteiger partial charge in [-0.3, -0.25) is 4.99 Å². The summed E-state index contributed by atoms with van der Waals surface area (Å²) in [5.74, 6) is 2.78. The van der Waals surface area contributed by atoms with E-state index >= 15 is 0 Å². The van der Waals surface area contributed by atoms with E-state index in [1.54, 1.807) is 7.05 Å². The van der Waals surface area contributed by atoms with Gasteiger partial charge < -0.3 is 15.1 Å². The summed E-state index contributed by atoms with van der Waals surface area (Å²) in [5, 5.41) is 6.60. The first-order valence-electron chi connectivity index (χ1n) is 6.67. The molecule has 1 aromatic heterocycles. The molecule has 4 heteroatoms. The van der Waals surface area contributed by atoms with Crippen molar-refractivity contribution in [1.82, 2.24) is 10.6 Å². The highest BCUT2D eigenvalue weighted by atomic mass is 16.3. The molecule has 18 heavy (non-hydrogen) atoms. The Morgan fingerprint density at radius 3 is 2.61 bits per heavy atom. The average molecular weight is 251 g/mol. The number of aliphatic imine (C=N–C) groups is 1. The van der Waals surface area contributed by atoms with Crippen LogP contribution in [0, 0.1) is 13.8 Å². The molecule has 1 rings (SSSR count). The van der Waals surface area contributed by atoms with Crippen LogP contribution < -0.4 is 10.6 Å². The van der Waals surface area contributed by atoms with E-state index in [9.17, 15) is 0 Å². The van der Waals surface area contributed by atoms with Crippen molar-refractivity contribution < 1.29 is 4.42 Å². The average Bonchev–Trinajstić information content (AvgIpc) is 2.67. The number of rotatable bonds is 6. The second-order valence-electron chi connectivity index (χ2n) is 4.50. The molecule has 0 bridgehead atoms.